The van der Waals surface area contributed by atoms with Crippen molar-refractivity contribution in [3.63, 3.8) is 0 Å². The van der Waals surface area contributed by atoms with Gasteiger partial charge in [0.25, 0.3) is 0 Å². The minimum absolute atomic E-state index is 0.660. The van der Waals surface area contributed by atoms with Crippen molar-refractivity contribution < 1.29 is 0 Å². The van der Waals surface area contributed by atoms with E-state index in [1.54, 1.807) is 0 Å². The third kappa shape index (κ3) is 4.24. The molecule has 2 heteroatoms. The van der Waals surface area contributed by atoms with Gasteiger partial charge in [0.15, 0.2) is 0 Å². The quantitative estimate of drug-likeness (QED) is 0.820. The molecule has 1 aromatic rings. The Bertz CT molecular complexity index is 398. The van der Waals surface area contributed by atoms with Gasteiger partial charge in [-0.15, -0.1) is 0 Å². The molecule has 2 rings (SSSR count). The molecule has 1 aromatic carbocycles. The van der Waals surface area contributed by atoms with Crippen LogP contribution in [0.2, 0.25) is 0 Å². The van der Waals surface area contributed by atoms with Crippen LogP contribution in [0, 0.1) is 5.92 Å². The highest BCUT2D eigenvalue weighted by atomic mass is 15.1. The molecule has 0 bridgehead atoms. The van der Waals surface area contributed by atoms with E-state index in [1.807, 2.05) is 0 Å². The van der Waals surface area contributed by atoms with Crippen LogP contribution >= 0.6 is 0 Å². The molecule has 0 radical (unpaired) electrons. The maximum absolute atomic E-state index is 3.76. The summed E-state index contributed by atoms with van der Waals surface area (Å²) in [6, 6.07) is 9.64. The van der Waals surface area contributed by atoms with Crippen LogP contribution in [0.4, 0.5) is 5.69 Å². The van der Waals surface area contributed by atoms with Crippen LogP contribution in [-0.4, -0.2) is 24.0 Å². The Morgan fingerprint density at radius 2 is 1.90 bits per heavy atom. The zero-order valence-corrected chi connectivity index (χ0v) is 13.4. The van der Waals surface area contributed by atoms with Crippen molar-refractivity contribution >= 4 is 5.69 Å². The monoisotopic (exact) mass is 274 g/mol. The maximum Gasteiger partial charge on any atom is 0.0345 e. The molecule has 1 fully saturated rings. The van der Waals surface area contributed by atoms with Crippen LogP contribution in [0.15, 0.2) is 24.3 Å². The Labute approximate surface area is 124 Å². The third-order valence-corrected chi connectivity index (χ3v) is 4.69. The lowest BCUT2D eigenvalue weighted by Gasteiger charge is -2.30. The summed E-state index contributed by atoms with van der Waals surface area (Å²) in [5.74, 6) is 0.801. The van der Waals surface area contributed by atoms with Gasteiger partial charge in [0, 0.05) is 18.3 Å². The van der Waals surface area contributed by atoms with E-state index in [1.165, 1.54) is 36.9 Å². The molecule has 0 aliphatic heterocycles. The van der Waals surface area contributed by atoms with Crippen molar-refractivity contribution in [1.29, 1.82) is 0 Å². The molecule has 1 aliphatic rings. The van der Waals surface area contributed by atoms with Crippen molar-refractivity contribution in [2.45, 2.75) is 59.0 Å². The van der Waals surface area contributed by atoms with E-state index in [0.717, 1.165) is 25.6 Å². The Kier molecular flexibility index (Phi) is 5.90. The van der Waals surface area contributed by atoms with Crippen LogP contribution in [0.3, 0.4) is 0 Å². The molecule has 2 nitrogen and oxygen atoms in total. The number of benzene rings is 1. The van der Waals surface area contributed by atoms with E-state index < -0.39 is 0 Å². The zero-order valence-electron chi connectivity index (χ0n) is 13.4. The van der Waals surface area contributed by atoms with Crippen molar-refractivity contribution in [1.82, 2.24) is 4.90 Å². The predicted octanol–water partition coefficient (Wildman–Crippen LogP) is 4.52. The standard InChI is InChI=1S/C18H30N2/c1-4-20(5-2)14-16-10-8-11-17(13-16)19-18-12-7-6-9-15(18)3/h8,10-11,13,15,18-19H,4-7,9,12,14H2,1-3H3. The van der Waals surface area contributed by atoms with Crippen LogP contribution in [0.25, 0.3) is 0 Å². The van der Waals surface area contributed by atoms with Crippen LogP contribution < -0.4 is 5.32 Å². The first-order chi connectivity index (χ1) is 9.72. The lowest BCUT2D eigenvalue weighted by molar-refractivity contribution is 0.296. The molecule has 0 saturated heterocycles. The van der Waals surface area contributed by atoms with Crippen molar-refractivity contribution in [3.8, 4) is 0 Å². The van der Waals surface area contributed by atoms with Crippen molar-refractivity contribution in [3.05, 3.63) is 29.8 Å². The Balaban J connectivity index is 1.98. The summed E-state index contributed by atoms with van der Waals surface area (Å²) in [4.78, 5) is 2.46. The summed E-state index contributed by atoms with van der Waals surface area (Å²) in [5, 5.41) is 3.76. The Morgan fingerprint density at radius 1 is 1.15 bits per heavy atom. The van der Waals surface area contributed by atoms with Gasteiger partial charge in [-0.25, -0.2) is 0 Å². The lowest BCUT2D eigenvalue weighted by atomic mass is 9.86. The molecular formula is C18H30N2. The molecule has 1 saturated carbocycles. The van der Waals surface area contributed by atoms with E-state index in [2.05, 4.69) is 55.3 Å². The highest BCUT2D eigenvalue weighted by Crippen LogP contribution is 2.27. The summed E-state index contributed by atoms with van der Waals surface area (Å²) < 4.78 is 0. The minimum atomic E-state index is 0.660. The minimum Gasteiger partial charge on any atom is -0.382 e. The molecule has 0 heterocycles. The first kappa shape index (κ1) is 15.4. The van der Waals surface area contributed by atoms with E-state index in [0.29, 0.717) is 6.04 Å². The first-order valence-electron chi connectivity index (χ1n) is 8.30. The van der Waals surface area contributed by atoms with E-state index in [-0.39, 0.29) is 0 Å². The topological polar surface area (TPSA) is 15.3 Å². The smallest absolute Gasteiger partial charge is 0.0345 e. The molecule has 0 amide bonds. The fourth-order valence-corrected chi connectivity index (χ4v) is 3.21. The molecule has 0 aromatic heterocycles. The van der Waals surface area contributed by atoms with E-state index in [4.69, 9.17) is 0 Å². The molecule has 1 N–H and O–H groups in total. The Hall–Kier alpha value is -1.02. The zero-order chi connectivity index (χ0) is 14.4. The summed E-state index contributed by atoms with van der Waals surface area (Å²) >= 11 is 0. The average molecular weight is 274 g/mol. The van der Waals surface area contributed by atoms with Gasteiger partial charge in [-0.3, -0.25) is 4.90 Å². The Morgan fingerprint density at radius 3 is 2.60 bits per heavy atom. The molecule has 20 heavy (non-hydrogen) atoms. The first-order valence-corrected chi connectivity index (χ1v) is 8.30. The molecule has 2 atom stereocenters. The SMILES string of the molecule is CCN(CC)Cc1cccc(NC2CCCCC2C)c1. The predicted molar refractivity (Wildman–Crippen MR) is 88.1 cm³/mol. The van der Waals surface area contributed by atoms with Crippen LogP contribution in [0.5, 0.6) is 0 Å². The largest absolute Gasteiger partial charge is 0.382 e. The van der Waals surface area contributed by atoms with Crippen molar-refractivity contribution in [2.75, 3.05) is 18.4 Å². The van der Waals surface area contributed by atoms with Gasteiger partial charge < -0.3 is 5.32 Å². The van der Waals surface area contributed by atoms with Gasteiger partial charge in [-0.05, 0) is 49.5 Å². The van der Waals surface area contributed by atoms with E-state index in [9.17, 15) is 0 Å². The highest BCUT2D eigenvalue weighted by Gasteiger charge is 2.20. The molecular weight excluding hydrogens is 244 g/mol. The van der Waals surface area contributed by atoms with Gasteiger partial charge in [-0.2, -0.15) is 0 Å². The number of anilines is 1. The summed E-state index contributed by atoms with van der Waals surface area (Å²) in [6.45, 7) is 10.1. The lowest BCUT2D eigenvalue weighted by Crippen LogP contribution is -2.30. The van der Waals surface area contributed by atoms with Crippen LogP contribution in [-0.2, 0) is 6.54 Å². The van der Waals surface area contributed by atoms with Crippen molar-refractivity contribution in [2.24, 2.45) is 5.92 Å². The average Bonchev–Trinajstić information content (AvgIpc) is 2.47. The normalized spacial score (nSPS) is 23.0. The van der Waals surface area contributed by atoms with Gasteiger partial charge in [0.1, 0.15) is 0 Å². The second-order valence-corrected chi connectivity index (χ2v) is 6.17. The number of nitrogens with zero attached hydrogens (tertiary/aromatic N) is 1. The fourth-order valence-electron chi connectivity index (χ4n) is 3.21. The van der Waals surface area contributed by atoms with E-state index >= 15 is 0 Å². The third-order valence-electron chi connectivity index (χ3n) is 4.69. The van der Waals surface area contributed by atoms with Gasteiger partial charge in [0.2, 0.25) is 0 Å². The molecule has 1 aliphatic carbocycles. The van der Waals surface area contributed by atoms with Gasteiger partial charge >= 0.3 is 0 Å². The number of hydrogen-bond acceptors (Lipinski definition) is 2. The summed E-state index contributed by atoms with van der Waals surface area (Å²) in [7, 11) is 0. The number of rotatable bonds is 6. The molecule has 0 spiro atoms. The van der Waals surface area contributed by atoms with Gasteiger partial charge in [-0.1, -0.05) is 45.7 Å². The number of hydrogen-bond donors (Lipinski definition) is 1. The van der Waals surface area contributed by atoms with Crippen LogP contribution in [0.1, 0.15) is 52.0 Å². The second kappa shape index (κ2) is 7.68. The number of nitrogens with one attached hydrogen (secondary N) is 1. The summed E-state index contributed by atoms with van der Waals surface area (Å²) in [5.41, 5.74) is 2.72. The molecule has 112 valence electrons. The summed E-state index contributed by atoms with van der Waals surface area (Å²) in [6.07, 6.45) is 5.47. The fraction of sp³-hybridized carbons (Fsp3) is 0.667. The maximum atomic E-state index is 3.76. The second-order valence-electron chi connectivity index (χ2n) is 6.17. The van der Waals surface area contributed by atoms with Gasteiger partial charge in [0.05, 0.1) is 0 Å². The molecule has 2 unspecified atom stereocenters. The highest BCUT2D eigenvalue weighted by molar-refractivity contribution is 5.46.